The Balaban J connectivity index is 1.43. The standard InChI is InChI=1S/C31H28F3NO/c1-2-3-16-36-26-18-29(32)28(30(33)19-26)15-10-22-9-14-27-25(17-22)13-12-24(31(27)34)11-8-21-4-6-23(20-35)7-5-21/h4-7,9,12-14,17-19H,2-3,8,10-11,15-16H2,1H3. The third kappa shape index (κ3) is 6.07. The first-order valence-corrected chi connectivity index (χ1v) is 12.3. The first kappa shape index (κ1) is 25.3. The van der Waals surface area contributed by atoms with Crippen LogP contribution < -0.4 is 4.74 Å². The lowest BCUT2D eigenvalue weighted by Gasteiger charge is -2.11. The molecular weight excluding hydrogens is 459 g/mol. The Hall–Kier alpha value is -3.78. The third-order valence-electron chi connectivity index (χ3n) is 6.41. The average molecular weight is 488 g/mol. The van der Waals surface area contributed by atoms with Crippen LogP contribution in [0.3, 0.4) is 0 Å². The number of hydrogen-bond donors (Lipinski definition) is 0. The fourth-order valence-electron chi connectivity index (χ4n) is 4.27. The maximum absolute atomic E-state index is 15.2. The van der Waals surface area contributed by atoms with Gasteiger partial charge in [-0.2, -0.15) is 5.26 Å². The molecule has 0 unspecified atom stereocenters. The number of fused-ring (bicyclic) bond motifs is 1. The number of benzene rings is 4. The lowest BCUT2D eigenvalue weighted by molar-refractivity contribution is 0.305. The Morgan fingerprint density at radius 3 is 2.17 bits per heavy atom. The predicted molar refractivity (Wildman–Crippen MR) is 137 cm³/mol. The van der Waals surface area contributed by atoms with Gasteiger partial charge in [0.2, 0.25) is 0 Å². The monoisotopic (exact) mass is 487 g/mol. The molecule has 0 spiro atoms. The Morgan fingerprint density at radius 2 is 1.47 bits per heavy atom. The summed E-state index contributed by atoms with van der Waals surface area (Å²) in [6.07, 6.45) is 3.62. The van der Waals surface area contributed by atoms with Crippen LogP contribution in [0.25, 0.3) is 10.8 Å². The first-order valence-electron chi connectivity index (χ1n) is 12.3. The van der Waals surface area contributed by atoms with Crippen molar-refractivity contribution in [3.8, 4) is 11.8 Å². The van der Waals surface area contributed by atoms with Crippen LogP contribution in [0, 0.1) is 28.8 Å². The highest BCUT2D eigenvalue weighted by atomic mass is 19.1. The van der Waals surface area contributed by atoms with Gasteiger partial charge in [0.15, 0.2) is 0 Å². The van der Waals surface area contributed by atoms with Crippen molar-refractivity contribution < 1.29 is 17.9 Å². The number of aryl methyl sites for hydroxylation is 3. The second-order valence-electron chi connectivity index (χ2n) is 8.97. The first-order chi connectivity index (χ1) is 17.5. The van der Waals surface area contributed by atoms with Crippen molar-refractivity contribution >= 4 is 10.8 Å². The van der Waals surface area contributed by atoms with Gasteiger partial charge in [-0.1, -0.05) is 55.8 Å². The molecule has 0 aliphatic heterocycles. The molecule has 0 radical (unpaired) electrons. The minimum Gasteiger partial charge on any atom is -0.493 e. The Morgan fingerprint density at radius 1 is 0.778 bits per heavy atom. The molecule has 5 heteroatoms. The molecule has 4 aromatic rings. The molecule has 0 saturated carbocycles. The highest BCUT2D eigenvalue weighted by Crippen LogP contribution is 2.26. The summed E-state index contributed by atoms with van der Waals surface area (Å²) in [5.41, 5.74) is 3.19. The van der Waals surface area contributed by atoms with Gasteiger partial charge in [0.1, 0.15) is 23.2 Å². The molecule has 0 N–H and O–H groups in total. The number of unbranched alkanes of at least 4 members (excludes halogenated alkanes) is 1. The molecule has 184 valence electrons. The smallest absolute Gasteiger partial charge is 0.134 e. The van der Waals surface area contributed by atoms with Gasteiger partial charge in [0.25, 0.3) is 0 Å². The normalized spacial score (nSPS) is 11.0. The van der Waals surface area contributed by atoms with E-state index in [2.05, 4.69) is 6.07 Å². The zero-order valence-electron chi connectivity index (χ0n) is 20.3. The van der Waals surface area contributed by atoms with E-state index < -0.39 is 11.6 Å². The van der Waals surface area contributed by atoms with E-state index in [4.69, 9.17) is 10.00 Å². The van der Waals surface area contributed by atoms with Crippen molar-refractivity contribution in [1.82, 2.24) is 0 Å². The van der Waals surface area contributed by atoms with Gasteiger partial charge in [-0.25, -0.2) is 13.2 Å². The second-order valence-corrected chi connectivity index (χ2v) is 8.97. The van der Waals surface area contributed by atoms with Crippen LogP contribution in [0.5, 0.6) is 5.75 Å². The summed E-state index contributed by atoms with van der Waals surface area (Å²) in [6, 6.07) is 21.0. The van der Waals surface area contributed by atoms with Gasteiger partial charge < -0.3 is 4.74 Å². The Labute approximate surface area is 210 Å². The van der Waals surface area contributed by atoms with E-state index in [1.165, 1.54) is 12.1 Å². The number of nitriles is 1. The topological polar surface area (TPSA) is 33.0 Å². The summed E-state index contributed by atoms with van der Waals surface area (Å²) in [6.45, 7) is 2.45. The quantitative estimate of drug-likeness (QED) is 0.213. The summed E-state index contributed by atoms with van der Waals surface area (Å²) < 4.78 is 49.6. The van der Waals surface area contributed by atoms with Gasteiger partial charge in [0.05, 0.1) is 18.2 Å². The SMILES string of the molecule is CCCCOc1cc(F)c(CCc2ccc3c(F)c(CCc4ccc(C#N)cc4)ccc3c2)c(F)c1. The van der Waals surface area contributed by atoms with Crippen molar-refractivity contribution in [3.05, 3.63) is 112 Å². The van der Waals surface area contributed by atoms with E-state index in [1.54, 1.807) is 24.3 Å². The summed E-state index contributed by atoms with van der Waals surface area (Å²) >= 11 is 0. The molecule has 0 aliphatic rings. The van der Waals surface area contributed by atoms with Gasteiger partial charge in [-0.05, 0) is 66.3 Å². The van der Waals surface area contributed by atoms with E-state index in [0.717, 1.165) is 29.4 Å². The van der Waals surface area contributed by atoms with E-state index in [1.807, 2.05) is 37.3 Å². The average Bonchev–Trinajstić information content (AvgIpc) is 2.88. The fourth-order valence-corrected chi connectivity index (χ4v) is 4.27. The number of nitrogens with zero attached hydrogens (tertiary/aromatic N) is 1. The van der Waals surface area contributed by atoms with Crippen molar-refractivity contribution in [3.63, 3.8) is 0 Å². The highest BCUT2D eigenvalue weighted by Gasteiger charge is 2.13. The zero-order chi connectivity index (χ0) is 25.5. The fraction of sp³-hybridized carbons (Fsp3) is 0.258. The van der Waals surface area contributed by atoms with Crippen LogP contribution in [0.1, 0.15) is 47.6 Å². The summed E-state index contributed by atoms with van der Waals surface area (Å²) in [5, 5.41) is 10.2. The van der Waals surface area contributed by atoms with Gasteiger partial charge in [0, 0.05) is 23.1 Å². The van der Waals surface area contributed by atoms with Crippen molar-refractivity contribution in [2.75, 3.05) is 6.61 Å². The van der Waals surface area contributed by atoms with E-state index >= 15 is 4.39 Å². The highest BCUT2D eigenvalue weighted by molar-refractivity contribution is 5.84. The number of halogens is 3. The molecule has 0 aromatic heterocycles. The Bertz CT molecular complexity index is 1370. The van der Waals surface area contributed by atoms with Gasteiger partial charge in [-0.15, -0.1) is 0 Å². The molecule has 0 fully saturated rings. The molecule has 4 aromatic carbocycles. The molecule has 36 heavy (non-hydrogen) atoms. The van der Waals surface area contributed by atoms with E-state index in [0.29, 0.717) is 42.4 Å². The second kappa shape index (κ2) is 11.8. The molecule has 0 amide bonds. The molecule has 0 aliphatic carbocycles. The van der Waals surface area contributed by atoms with Crippen molar-refractivity contribution in [2.45, 2.75) is 45.4 Å². The van der Waals surface area contributed by atoms with Crippen LogP contribution in [-0.4, -0.2) is 6.61 Å². The van der Waals surface area contributed by atoms with Crippen LogP contribution in [0.15, 0.2) is 66.7 Å². The van der Waals surface area contributed by atoms with Gasteiger partial charge >= 0.3 is 0 Å². The lowest BCUT2D eigenvalue weighted by atomic mass is 9.97. The third-order valence-corrected chi connectivity index (χ3v) is 6.41. The minimum absolute atomic E-state index is 0.0299. The van der Waals surface area contributed by atoms with E-state index in [9.17, 15) is 8.78 Å². The van der Waals surface area contributed by atoms with Crippen LogP contribution in [0.2, 0.25) is 0 Å². The largest absolute Gasteiger partial charge is 0.493 e. The maximum Gasteiger partial charge on any atom is 0.134 e. The van der Waals surface area contributed by atoms with Crippen LogP contribution >= 0.6 is 0 Å². The van der Waals surface area contributed by atoms with Crippen molar-refractivity contribution in [2.24, 2.45) is 0 Å². The number of ether oxygens (including phenoxy) is 1. The summed E-state index contributed by atoms with van der Waals surface area (Å²) in [7, 11) is 0. The van der Waals surface area contributed by atoms with Crippen LogP contribution in [-0.2, 0) is 25.7 Å². The molecule has 0 atom stereocenters. The van der Waals surface area contributed by atoms with Gasteiger partial charge in [-0.3, -0.25) is 0 Å². The van der Waals surface area contributed by atoms with Crippen LogP contribution in [0.4, 0.5) is 13.2 Å². The number of hydrogen-bond acceptors (Lipinski definition) is 2. The zero-order valence-corrected chi connectivity index (χ0v) is 20.3. The summed E-state index contributed by atoms with van der Waals surface area (Å²) in [4.78, 5) is 0. The Kier molecular flexibility index (Phi) is 8.28. The molecule has 4 rings (SSSR count). The molecule has 0 heterocycles. The maximum atomic E-state index is 15.2. The predicted octanol–water partition coefficient (Wildman–Crippen LogP) is 7.88. The van der Waals surface area contributed by atoms with Crippen molar-refractivity contribution in [1.29, 1.82) is 5.26 Å². The summed E-state index contributed by atoms with van der Waals surface area (Å²) in [5.74, 6) is -1.26. The molecule has 0 bridgehead atoms. The lowest BCUT2D eigenvalue weighted by Crippen LogP contribution is -2.03. The molecule has 2 nitrogen and oxygen atoms in total. The van der Waals surface area contributed by atoms with E-state index in [-0.39, 0.29) is 23.6 Å². The molecule has 0 saturated heterocycles. The molecular formula is C31H28F3NO. The minimum atomic E-state index is -0.611. The number of rotatable bonds is 10.